The molecule has 1 aliphatic rings. The van der Waals surface area contributed by atoms with Gasteiger partial charge in [-0.2, -0.15) is 0 Å². The summed E-state index contributed by atoms with van der Waals surface area (Å²) in [6.07, 6.45) is 2.29. The highest BCUT2D eigenvalue weighted by molar-refractivity contribution is 9.10. The number of anilines is 3. The number of rotatable bonds is 4. The molecule has 2 N–H and O–H groups in total. The second-order valence-electron chi connectivity index (χ2n) is 5.23. The monoisotopic (exact) mass is 350 g/mol. The van der Waals surface area contributed by atoms with E-state index in [1.165, 1.54) is 6.07 Å². The molecule has 6 heteroatoms. The molecular formula is C15H16BrFN4. The first kappa shape index (κ1) is 14.3. The predicted molar refractivity (Wildman–Crippen MR) is 85.7 cm³/mol. The third-order valence-electron chi connectivity index (χ3n) is 3.47. The summed E-state index contributed by atoms with van der Waals surface area (Å²) in [6.45, 7) is 1.86. The normalized spacial score (nSPS) is 14.1. The Bertz CT molecular complexity index is 686. The maximum absolute atomic E-state index is 13.5. The van der Waals surface area contributed by atoms with E-state index in [9.17, 15) is 4.39 Å². The van der Waals surface area contributed by atoms with E-state index >= 15 is 0 Å². The molecule has 1 aromatic carbocycles. The van der Waals surface area contributed by atoms with Gasteiger partial charge in [0.1, 0.15) is 23.3 Å². The fourth-order valence-corrected chi connectivity index (χ4v) is 2.44. The molecule has 0 radical (unpaired) electrons. The Morgan fingerprint density at radius 3 is 2.57 bits per heavy atom. The number of nitrogens with zero attached hydrogens (tertiary/aromatic N) is 2. The number of aromatic nitrogens is 2. The van der Waals surface area contributed by atoms with Gasteiger partial charge < -0.3 is 10.6 Å². The Labute approximate surface area is 131 Å². The van der Waals surface area contributed by atoms with Crippen LogP contribution in [0.2, 0.25) is 0 Å². The van der Waals surface area contributed by atoms with Gasteiger partial charge >= 0.3 is 0 Å². The quantitative estimate of drug-likeness (QED) is 0.860. The van der Waals surface area contributed by atoms with Gasteiger partial charge in [-0.25, -0.2) is 14.4 Å². The summed E-state index contributed by atoms with van der Waals surface area (Å²) < 4.78 is 13.9. The second kappa shape index (κ2) is 5.60. The third-order valence-corrected chi connectivity index (χ3v) is 4.08. The van der Waals surface area contributed by atoms with Crippen LogP contribution in [0, 0.1) is 12.7 Å². The van der Waals surface area contributed by atoms with Crippen molar-refractivity contribution in [3.63, 3.8) is 0 Å². The van der Waals surface area contributed by atoms with E-state index in [2.05, 4.69) is 36.5 Å². The van der Waals surface area contributed by atoms with Crippen molar-refractivity contribution >= 4 is 33.3 Å². The Hall–Kier alpha value is -1.69. The van der Waals surface area contributed by atoms with Crippen LogP contribution >= 0.6 is 15.9 Å². The van der Waals surface area contributed by atoms with Crippen molar-refractivity contribution in [2.45, 2.75) is 25.7 Å². The molecule has 0 aliphatic heterocycles. The first-order chi connectivity index (χ1) is 10.1. The Kier molecular flexibility index (Phi) is 3.80. The average Bonchev–Trinajstić information content (AvgIpc) is 3.29. The molecule has 1 saturated carbocycles. The molecular weight excluding hydrogens is 335 g/mol. The first-order valence-electron chi connectivity index (χ1n) is 6.86. The summed E-state index contributed by atoms with van der Waals surface area (Å²) in [5.41, 5.74) is 1.65. The van der Waals surface area contributed by atoms with Crippen LogP contribution in [0.3, 0.4) is 0 Å². The van der Waals surface area contributed by atoms with Gasteiger partial charge in [-0.15, -0.1) is 0 Å². The molecule has 1 fully saturated rings. The van der Waals surface area contributed by atoms with Crippen molar-refractivity contribution in [1.82, 2.24) is 9.97 Å². The molecule has 0 saturated heterocycles. The fraction of sp³-hybridized carbons (Fsp3) is 0.333. The van der Waals surface area contributed by atoms with Crippen molar-refractivity contribution in [2.24, 2.45) is 0 Å². The maximum atomic E-state index is 13.5. The van der Waals surface area contributed by atoms with E-state index < -0.39 is 0 Å². The molecule has 0 bridgehead atoms. The predicted octanol–water partition coefficient (Wildman–Crippen LogP) is 4.35. The Morgan fingerprint density at radius 1 is 1.19 bits per heavy atom. The van der Waals surface area contributed by atoms with E-state index in [4.69, 9.17) is 0 Å². The lowest BCUT2D eigenvalue weighted by molar-refractivity contribution is 0.620. The van der Waals surface area contributed by atoms with Gasteiger partial charge in [0.15, 0.2) is 0 Å². The number of halogens is 2. The Morgan fingerprint density at radius 2 is 1.90 bits per heavy atom. The molecule has 0 atom stereocenters. The first-order valence-corrected chi connectivity index (χ1v) is 7.65. The van der Waals surface area contributed by atoms with Gasteiger partial charge in [-0.05, 0) is 53.4 Å². The van der Waals surface area contributed by atoms with Crippen molar-refractivity contribution in [2.75, 3.05) is 17.7 Å². The van der Waals surface area contributed by atoms with Gasteiger partial charge in [0.25, 0.3) is 0 Å². The number of nitrogens with one attached hydrogen (secondary N) is 2. The van der Waals surface area contributed by atoms with Crippen molar-refractivity contribution in [1.29, 1.82) is 0 Å². The average molecular weight is 351 g/mol. The van der Waals surface area contributed by atoms with Crippen LogP contribution in [0.4, 0.5) is 21.7 Å². The molecule has 3 rings (SSSR count). The maximum Gasteiger partial charge on any atom is 0.137 e. The van der Waals surface area contributed by atoms with E-state index in [-0.39, 0.29) is 5.82 Å². The van der Waals surface area contributed by atoms with Crippen molar-refractivity contribution < 1.29 is 4.39 Å². The topological polar surface area (TPSA) is 49.8 Å². The standard InChI is InChI=1S/C15H16BrFN4/c1-8-5-11(17)10(16)6-12(8)19-14-7-13(18-2)20-15(21-14)9-3-4-9/h5-7,9H,3-4H2,1-2H3,(H2,18,19,20,21). The Balaban J connectivity index is 1.94. The largest absolute Gasteiger partial charge is 0.373 e. The summed E-state index contributed by atoms with van der Waals surface area (Å²) in [7, 11) is 1.84. The summed E-state index contributed by atoms with van der Waals surface area (Å²) in [4.78, 5) is 9.04. The van der Waals surface area contributed by atoms with Gasteiger partial charge in [-0.1, -0.05) is 0 Å². The minimum absolute atomic E-state index is 0.268. The summed E-state index contributed by atoms with van der Waals surface area (Å²) >= 11 is 3.21. The lowest BCUT2D eigenvalue weighted by Crippen LogP contribution is -2.04. The minimum Gasteiger partial charge on any atom is -0.373 e. The molecule has 0 amide bonds. The molecule has 1 aliphatic carbocycles. The van der Waals surface area contributed by atoms with Crippen LogP contribution in [0.15, 0.2) is 22.7 Å². The smallest absolute Gasteiger partial charge is 0.137 e. The van der Waals surface area contributed by atoms with Gasteiger partial charge in [0.05, 0.1) is 4.47 Å². The zero-order valence-corrected chi connectivity index (χ0v) is 13.5. The summed E-state index contributed by atoms with van der Waals surface area (Å²) in [5.74, 6) is 2.57. The minimum atomic E-state index is -0.268. The van der Waals surface area contributed by atoms with Crippen molar-refractivity contribution in [3.8, 4) is 0 Å². The number of hydrogen-bond acceptors (Lipinski definition) is 4. The lowest BCUT2D eigenvalue weighted by atomic mass is 10.2. The van der Waals surface area contributed by atoms with E-state index in [0.717, 1.165) is 41.6 Å². The molecule has 0 spiro atoms. The molecule has 2 aromatic rings. The zero-order chi connectivity index (χ0) is 15.0. The van der Waals surface area contributed by atoms with Crippen LogP contribution in [0.5, 0.6) is 0 Å². The number of benzene rings is 1. The lowest BCUT2D eigenvalue weighted by Gasteiger charge is -2.12. The van der Waals surface area contributed by atoms with Crippen LogP contribution in [-0.4, -0.2) is 17.0 Å². The van der Waals surface area contributed by atoms with Crippen LogP contribution in [-0.2, 0) is 0 Å². The molecule has 1 heterocycles. The highest BCUT2D eigenvalue weighted by Crippen LogP contribution is 2.39. The number of aryl methyl sites for hydroxylation is 1. The molecule has 21 heavy (non-hydrogen) atoms. The summed E-state index contributed by atoms with van der Waals surface area (Å²) in [6, 6.07) is 5.07. The van der Waals surface area contributed by atoms with E-state index in [1.54, 1.807) is 6.07 Å². The van der Waals surface area contributed by atoms with Crippen LogP contribution in [0.1, 0.15) is 30.1 Å². The van der Waals surface area contributed by atoms with E-state index in [1.807, 2.05) is 20.0 Å². The highest BCUT2D eigenvalue weighted by Gasteiger charge is 2.27. The molecule has 0 unspecified atom stereocenters. The third kappa shape index (κ3) is 3.15. The van der Waals surface area contributed by atoms with Gasteiger partial charge in [0, 0.05) is 24.7 Å². The number of hydrogen-bond donors (Lipinski definition) is 2. The molecule has 1 aromatic heterocycles. The highest BCUT2D eigenvalue weighted by atomic mass is 79.9. The van der Waals surface area contributed by atoms with E-state index in [0.29, 0.717) is 10.4 Å². The molecule has 4 nitrogen and oxygen atoms in total. The van der Waals surface area contributed by atoms with Gasteiger partial charge in [-0.3, -0.25) is 0 Å². The van der Waals surface area contributed by atoms with Crippen LogP contribution < -0.4 is 10.6 Å². The second-order valence-corrected chi connectivity index (χ2v) is 6.08. The zero-order valence-electron chi connectivity index (χ0n) is 11.9. The fourth-order valence-electron chi connectivity index (χ4n) is 2.10. The van der Waals surface area contributed by atoms with Crippen LogP contribution in [0.25, 0.3) is 0 Å². The van der Waals surface area contributed by atoms with Gasteiger partial charge in [0.2, 0.25) is 0 Å². The SMILES string of the molecule is CNc1cc(Nc2cc(Br)c(F)cc2C)nc(C2CC2)n1. The van der Waals surface area contributed by atoms with Crippen molar-refractivity contribution in [3.05, 3.63) is 39.9 Å². The summed E-state index contributed by atoms with van der Waals surface area (Å²) in [5, 5.41) is 6.30. The molecule has 110 valence electrons.